The van der Waals surface area contributed by atoms with E-state index in [-0.39, 0.29) is 33.7 Å². The number of nitrogens with zero attached hydrogens (tertiary/aromatic N) is 1. The fourth-order valence-electron chi connectivity index (χ4n) is 1.21. The number of methoxy groups -OCH3 is 1. The molecule has 1 rings (SSSR count). The number of esters is 1. The number of pyridine rings is 1. The topological polar surface area (TPSA) is 39.2 Å². The molecule has 1 aromatic rings. The van der Waals surface area contributed by atoms with Crippen molar-refractivity contribution < 1.29 is 18.3 Å². The van der Waals surface area contributed by atoms with Gasteiger partial charge in [0.1, 0.15) is 0 Å². The van der Waals surface area contributed by atoms with Crippen molar-refractivity contribution >= 4 is 33.5 Å². The van der Waals surface area contributed by atoms with Crippen molar-refractivity contribution in [2.24, 2.45) is 0 Å². The Balaban J connectivity index is 3.13. The van der Waals surface area contributed by atoms with Crippen LogP contribution in [0, 0.1) is 0 Å². The Morgan fingerprint density at radius 1 is 1.59 bits per heavy atom. The molecule has 7 heteroatoms. The molecule has 0 radical (unpaired) electrons. The third kappa shape index (κ3) is 3.61. The highest BCUT2D eigenvalue weighted by Crippen LogP contribution is 2.28. The smallest absolute Gasteiger partial charge is 0.311 e. The van der Waals surface area contributed by atoms with E-state index < -0.39 is 12.4 Å². The van der Waals surface area contributed by atoms with E-state index in [1.54, 1.807) is 0 Å². The summed E-state index contributed by atoms with van der Waals surface area (Å²) in [5, 5.41) is 0.202. The highest BCUT2D eigenvalue weighted by atomic mass is 79.9. The van der Waals surface area contributed by atoms with Crippen LogP contribution < -0.4 is 0 Å². The van der Waals surface area contributed by atoms with E-state index in [9.17, 15) is 13.6 Å². The second kappa shape index (κ2) is 6.26. The highest BCUT2D eigenvalue weighted by Gasteiger charge is 2.18. The van der Waals surface area contributed by atoms with Crippen molar-refractivity contribution in [2.75, 3.05) is 7.11 Å². The van der Waals surface area contributed by atoms with E-state index in [4.69, 9.17) is 11.6 Å². The van der Waals surface area contributed by atoms with Crippen LogP contribution in [0.1, 0.15) is 23.4 Å². The summed E-state index contributed by atoms with van der Waals surface area (Å²) in [5.41, 5.74) is 0.168. The molecule has 94 valence electrons. The van der Waals surface area contributed by atoms with Crippen molar-refractivity contribution in [3.63, 3.8) is 0 Å². The lowest BCUT2D eigenvalue weighted by atomic mass is 10.1. The van der Waals surface area contributed by atoms with Gasteiger partial charge in [-0.25, -0.2) is 8.78 Å². The molecule has 0 unspecified atom stereocenters. The summed E-state index contributed by atoms with van der Waals surface area (Å²) in [7, 11) is 1.23. The predicted octanol–water partition coefficient (Wildman–Crippen LogP) is 3.28. The lowest BCUT2D eigenvalue weighted by molar-refractivity contribution is -0.139. The third-order valence-electron chi connectivity index (χ3n) is 2.06. The lowest BCUT2D eigenvalue weighted by Crippen LogP contribution is -2.09. The monoisotopic (exact) mass is 327 g/mol. The van der Waals surface area contributed by atoms with Crippen LogP contribution in [0.25, 0.3) is 0 Å². The van der Waals surface area contributed by atoms with Gasteiger partial charge in [0.2, 0.25) is 0 Å². The van der Waals surface area contributed by atoms with Crippen LogP contribution in [0.2, 0.25) is 5.02 Å². The van der Waals surface area contributed by atoms with Crippen LogP contribution in [0.4, 0.5) is 8.78 Å². The van der Waals surface area contributed by atoms with Gasteiger partial charge in [0.05, 0.1) is 29.9 Å². The van der Waals surface area contributed by atoms with E-state index in [1.165, 1.54) is 7.11 Å². The maximum atomic E-state index is 12.6. The van der Waals surface area contributed by atoms with Gasteiger partial charge in [-0.15, -0.1) is 0 Å². The number of rotatable bonds is 4. The quantitative estimate of drug-likeness (QED) is 0.629. The maximum absolute atomic E-state index is 12.6. The molecular formula is C10H9BrClF2NO2. The summed E-state index contributed by atoms with van der Waals surface area (Å²) in [6, 6.07) is 1.13. The van der Waals surface area contributed by atoms with Gasteiger partial charge >= 0.3 is 5.97 Å². The maximum Gasteiger partial charge on any atom is 0.311 e. The Morgan fingerprint density at radius 3 is 2.71 bits per heavy atom. The number of hydrogen-bond acceptors (Lipinski definition) is 3. The molecule has 0 spiro atoms. The zero-order chi connectivity index (χ0) is 13.0. The van der Waals surface area contributed by atoms with Gasteiger partial charge in [-0.1, -0.05) is 27.5 Å². The van der Waals surface area contributed by atoms with E-state index in [2.05, 4.69) is 25.7 Å². The summed E-state index contributed by atoms with van der Waals surface area (Å²) in [6.45, 7) is 0. The molecule has 0 fully saturated rings. The summed E-state index contributed by atoms with van der Waals surface area (Å²) in [4.78, 5) is 15.0. The molecule has 0 amide bonds. The highest BCUT2D eigenvalue weighted by molar-refractivity contribution is 9.08. The first-order chi connectivity index (χ1) is 7.99. The van der Waals surface area contributed by atoms with Gasteiger partial charge in [0.15, 0.2) is 0 Å². The number of carbonyl (C=O) groups is 1. The molecule has 0 aromatic carbocycles. The van der Waals surface area contributed by atoms with Crippen LogP contribution in [0.3, 0.4) is 0 Å². The molecule has 17 heavy (non-hydrogen) atoms. The average molecular weight is 329 g/mol. The fourth-order valence-corrected chi connectivity index (χ4v) is 1.89. The van der Waals surface area contributed by atoms with Gasteiger partial charge < -0.3 is 4.74 Å². The number of halogens is 4. The van der Waals surface area contributed by atoms with Crippen LogP contribution in [0.5, 0.6) is 0 Å². The number of alkyl halides is 3. The van der Waals surface area contributed by atoms with E-state index in [0.717, 1.165) is 6.07 Å². The first-order valence-electron chi connectivity index (χ1n) is 4.58. The van der Waals surface area contributed by atoms with Crippen molar-refractivity contribution in [2.45, 2.75) is 18.2 Å². The standard InChI is InChI=1S/C10H9BrClF2NO2/c1-17-9(16)3-7-6(12)2-5(10(13)14)8(4-11)15-7/h2,10H,3-4H2,1H3. The van der Waals surface area contributed by atoms with Crippen molar-refractivity contribution in [1.29, 1.82) is 0 Å². The largest absolute Gasteiger partial charge is 0.469 e. The molecule has 3 nitrogen and oxygen atoms in total. The Kier molecular flexibility index (Phi) is 5.27. The van der Waals surface area contributed by atoms with Gasteiger partial charge in [-0.05, 0) is 6.07 Å². The zero-order valence-corrected chi connectivity index (χ0v) is 11.2. The lowest BCUT2D eigenvalue weighted by Gasteiger charge is -2.10. The fraction of sp³-hybridized carbons (Fsp3) is 0.400. The molecule has 0 aliphatic rings. The Bertz CT molecular complexity index is 429. The van der Waals surface area contributed by atoms with Crippen LogP contribution >= 0.6 is 27.5 Å². The molecule has 0 bridgehead atoms. The molecule has 0 aliphatic carbocycles. The van der Waals surface area contributed by atoms with E-state index in [1.807, 2.05) is 0 Å². The number of hydrogen-bond donors (Lipinski definition) is 0. The molecule has 0 aliphatic heterocycles. The Morgan fingerprint density at radius 2 is 2.24 bits per heavy atom. The average Bonchev–Trinajstić information content (AvgIpc) is 2.30. The van der Waals surface area contributed by atoms with Gasteiger partial charge in [-0.2, -0.15) is 0 Å². The SMILES string of the molecule is COC(=O)Cc1nc(CBr)c(C(F)F)cc1Cl. The molecular weight excluding hydrogens is 319 g/mol. The molecule has 1 aromatic heterocycles. The summed E-state index contributed by atoms with van der Waals surface area (Å²) < 4.78 is 29.8. The minimum Gasteiger partial charge on any atom is -0.469 e. The van der Waals surface area contributed by atoms with Gasteiger partial charge in [0, 0.05) is 10.9 Å². The Hall–Kier alpha value is -0.750. The van der Waals surface area contributed by atoms with Crippen LogP contribution in [-0.2, 0) is 21.3 Å². The van der Waals surface area contributed by atoms with Crippen molar-refractivity contribution in [1.82, 2.24) is 4.98 Å². The van der Waals surface area contributed by atoms with Crippen molar-refractivity contribution in [3.05, 3.63) is 28.0 Å². The predicted molar refractivity (Wildman–Crippen MR) is 62.6 cm³/mol. The summed E-state index contributed by atoms with van der Waals surface area (Å²) >= 11 is 8.85. The normalized spacial score (nSPS) is 10.7. The first-order valence-corrected chi connectivity index (χ1v) is 6.08. The minimum atomic E-state index is -2.65. The molecule has 0 N–H and O–H groups in total. The van der Waals surface area contributed by atoms with E-state index >= 15 is 0 Å². The number of aromatic nitrogens is 1. The molecule has 0 atom stereocenters. The summed E-state index contributed by atoms with van der Waals surface area (Å²) in [5.74, 6) is -0.523. The van der Waals surface area contributed by atoms with Gasteiger partial charge in [-0.3, -0.25) is 9.78 Å². The Labute approximate surface area is 110 Å². The van der Waals surface area contributed by atoms with Gasteiger partial charge in [0.25, 0.3) is 6.43 Å². The second-order valence-corrected chi connectivity index (χ2v) is 4.11. The molecule has 1 heterocycles. The number of ether oxygens (including phenoxy) is 1. The zero-order valence-electron chi connectivity index (χ0n) is 8.84. The third-order valence-corrected chi connectivity index (χ3v) is 2.92. The van der Waals surface area contributed by atoms with Crippen LogP contribution in [0.15, 0.2) is 6.07 Å². The summed E-state index contributed by atoms with van der Waals surface area (Å²) in [6.07, 6.45) is -2.79. The van der Waals surface area contributed by atoms with Crippen molar-refractivity contribution in [3.8, 4) is 0 Å². The first kappa shape index (κ1) is 14.3. The second-order valence-electron chi connectivity index (χ2n) is 3.14. The number of carbonyl (C=O) groups excluding carboxylic acids is 1. The minimum absolute atomic E-state index is 0.0374. The van der Waals surface area contributed by atoms with Crippen LogP contribution in [-0.4, -0.2) is 18.1 Å². The molecule has 0 saturated heterocycles. The van der Waals surface area contributed by atoms with E-state index in [0.29, 0.717) is 0 Å². The molecule has 0 saturated carbocycles.